The summed E-state index contributed by atoms with van der Waals surface area (Å²) in [4.78, 5) is 28.7. The number of amides is 2. The number of benzene rings is 3. The van der Waals surface area contributed by atoms with E-state index in [1.807, 2.05) is 48.5 Å². The Morgan fingerprint density at radius 2 is 1.19 bits per heavy atom. The molecule has 1 saturated heterocycles. The van der Waals surface area contributed by atoms with Gasteiger partial charge in [0.2, 0.25) is 11.8 Å². The molecule has 6 nitrogen and oxygen atoms in total. The molecule has 1 aliphatic heterocycles. The number of nitriles is 1. The van der Waals surface area contributed by atoms with Crippen LogP contribution in [-0.2, 0) is 9.59 Å². The molecule has 2 fully saturated rings. The Morgan fingerprint density at radius 3 is 1.59 bits per heavy atom. The molecule has 3 aromatic carbocycles. The van der Waals surface area contributed by atoms with Gasteiger partial charge in [0.05, 0.1) is 43.4 Å². The number of carbonyl (C=O) groups excluding carboxylic acids is 2. The van der Waals surface area contributed by atoms with E-state index in [2.05, 4.69) is 18.2 Å². The summed E-state index contributed by atoms with van der Waals surface area (Å²) in [5.41, 5.74) is 5.14. The van der Waals surface area contributed by atoms with Crippen molar-refractivity contribution in [3.8, 4) is 17.6 Å². The molecule has 0 radical (unpaired) electrons. The second-order valence-electron chi connectivity index (χ2n) is 9.45. The molecule has 182 valence electrons. The van der Waals surface area contributed by atoms with Crippen LogP contribution in [0.25, 0.3) is 5.57 Å². The van der Waals surface area contributed by atoms with Crippen molar-refractivity contribution in [2.45, 2.75) is 0 Å². The molecular formula is C31H24N2O4. The molecule has 0 spiro atoms. The number of anilines is 1. The number of methoxy groups -OCH3 is 2. The Bertz CT molecular complexity index is 1410. The fourth-order valence-corrected chi connectivity index (χ4v) is 6.05. The van der Waals surface area contributed by atoms with Gasteiger partial charge in [-0.1, -0.05) is 36.4 Å². The second kappa shape index (κ2) is 8.79. The van der Waals surface area contributed by atoms with Crippen LogP contribution in [0.15, 0.2) is 90.5 Å². The highest BCUT2D eigenvalue weighted by Gasteiger charge is 2.62. The van der Waals surface area contributed by atoms with Crippen molar-refractivity contribution < 1.29 is 19.1 Å². The first-order valence-electron chi connectivity index (χ1n) is 12.1. The molecule has 1 heterocycles. The van der Waals surface area contributed by atoms with Gasteiger partial charge in [-0.25, -0.2) is 4.90 Å². The van der Waals surface area contributed by atoms with E-state index in [4.69, 9.17) is 14.7 Å². The van der Waals surface area contributed by atoms with Gasteiger partial charge in [-0.05, 0) is 70.8 Å². The molecule has 4 atom stereocenters. The summed E-state index contributed by atoms with van der Waals surface area (Å²) in [5.74, 6) is -0.0793. The number of ether oxygens (including phenoxy) is 2. The molecule has 6 heteroatoms. The molecule has 3 aliphatic rings. The number of allylic oxidation sites excluding steroid dienone is 3. The highest BCUT2D eigenvalue weighted by Crippen LogP contribution is 2.59. The lowest BCUT2D eigenvalue weighted by molar-refractivity contribution is -0.122. The van der Waals surface area contributed by atoms with Crippen molar-refractivity contribution in [3.63, 3.8) is 0 Å². The second-order valence-corrected chi connectivity index (χ2v) is 9.45. The zero-order valence-electron chi connectivity index (χ0n) is 20.4. The third-order valence-electron chi connectivity index (χ3n) is 7.72. The van der Waals surface area contributed by atoms with Gasteiger partial charge >= 0.3 is 0 Å². The molecule has 2 aliphatic carbocycles. The zero-order chi connectivity index (χ0) is 25.7. The minimum absolute atomic E-state index is 0.172. The summed E-state index contributed by atoms with van der Waals surface area (Å²) in [6.45, 7) is 0. The summed E-state index contributed by atoms with van der Waals surface area (Å²) in [6, 6.07) is 24.5. The van der Waals surface area contributed by atoms with Gasteiger partial charge in [-0.2, -0.15) is 5.26 Å². The quantitative estimate of drug-likeness (QED) is 0.373. The van der Waals surface area contributed by atoms with E-state index >= 15 is 0 Å². The highest BCUT2D eigenvalue weighted by atomic mass is 16.5. The number of fused-ring (bicyclic) bond motifs is 5. The monoisotopic (exact) mass is 488 g/mol. The first-order valence-corrected chi connectivity index (χ1v) is 12.1. The van der Waals surface area contributed by atoms with E-state index in [0.717, 1.165) is 33.8 Å². The molecule has 37 heavy (non-hydrogen) atoms. The van der Waals surface area contributed by atoms with Gasteiger partial charge in [0.15, 0.2) is 0 Å². The van der Waals surface area contributed by atoms with Crippen molar-refractivity contribution in [3.05, 3.63) is 107 Å². The van der Waals surface area contributed by atoms with Gasteiger partial charge in [0.1, 0.15) is 11.5 Å². The van der Waals surface area contributed by atoms with E-state index in [0.29, 0.717) is 11.3 Å². The Labute approximate surface area is 215 Å². The minimum Gasteiger partial charge on any atom is -0.497 e. The summed E-state index contributed by atoms with van der Waals surface area (Å²) in [7, 11) is 3.27. The molecule has 6 rings (SSSR count). The minimum atomic E-state index is -0.445. The summed E-state index contributed by atoms with van der Waals surface area (Å²) >= 11 is 0. The lowest BCUT2D eigenvalue weighted by Gasteiger charge is -2.22. The van der Waals surface area contributed by atoms with E-state index in [9.17, 15) is 9.59 Å². The first kappa shape index (κ1) is 22.8. The topological polar surface area (TPSA) is 79.6 Å². The Kier molecular flexibility index (Phi) is 5.42. The van der Waals surface area contributed by atoms with Crippen LogP contribution in [0.5, 0.6) is 11.5 Å². The Hall–Kier alpha value is -4.63. The number of hydrogen-bond donors (Lipinski definition) is 0. The average Bonchev–Trinajstić information content (AvgIpc) is 3.58. The van der Waals surface area contributed by atoms with Gasteiger partial charge in [0.25, 0.3) is 0 Å². The predicted octanol–water partition coefficient (Wildman–Crippen LogP) is 5.00. The third kappa shape index (κ3) is 3.47. The van der Waals surface area contributed by atoms with Crippen LogP contribution in [-0.4, -0.2) is 26.0 Å². The number of imide groups is 1. The van der Waals surface area contributed by atoms with Gasteiger partial charge < -0.3 is 9.47 Å². The number of carbonyl (C=O) groups is 2. The van der Waals surface area contributed by atoms with E-state index < -0.39 is 11.8 Å². The van der Waals surface area contributed by atoms with Crippen molar-refractivity contribution in [1.29, 1.82) is 5.26 Å². The van der Waals surface area contributed by atoms with Crippen molar-refractivity contribution in [1.82, 2.24) is 0 Å². The first-order chi connectivity index (χ1) is 18.0. The van der Waals surface area contributed by atoms with Crippen LogP contribution < -0.4 is 14.4 Å². The lowest BCUT2D eigenvalue weighted by Crippen LogP contribution is -2.33. The van der Waals surface area contributed by atoms with E-state index in [-0.39, 0.29) is 23.7 Å². The molecule has 2 bridgehead atoms. The molecule has 0 aromatic heterocycles. The van der Waals surface area contributed by atoms with Gasteiger partial charge in [-0.15, -0.1) is 0 Å². The molecule has 1 saturated carbocycles. The van der Waals surface area contributed by atoms with Crippen LogP contribution in [0.3, 0.4) is 0 Å². The van der Waals surface area contributed by atoms with Crippen LogP contribution in [0.2, 0.25) is 0 Å². The van der Waals surface area contributed by atoms with Crippen LogP contribution >= 0.6 is 0 Å². The maximum Gasteiger partial charge on any atom is 0.238 e. The van der Waals surface area contributed by atoms with Crippen LogP contribution in [0.1, 0.15) is 16.7 Å². The number of nitrogens with zero attached hydrogens (tertiary/aromatic N) is 2. The normalized spacial score (nSPS) is 23.3. The maximum absolute atomic E-state index is 13.7. The van der Waals surface area contributed by atoms with E-state index in [1.54, 1.807) is 38.5 Å². The standard InChI is InChI=1S/C31H24N2O4/c1-36-22-11-5-19(6-12-22)26(20-7-13-23(37-2)14-8-20)27-24-15-16-25(27)29-28(24)30(34)33(31(29)35)21-9-3-18(17-32)4-10-21/h3-16,24-25,28-29H,1-2H3/t24-,25-,28+,29+/m1/s1. The van der Waals surface area contributed by atoms with Crippen LogP contribution in [0, 0.1) is 35.0 Å². The predicted molar refractivity (Wildman–Crippen MR) is 139 cm³/mol. The van der Waals surface area contributed by atoms with E-state index in [1.165, 1.54) is 4.90 Å². The number of rotatable bonds is 5. The largest absolute Gasteiger partial charge is 0.497 e. The summed E-state index contributed by atoms with van der Waals surface area (Å²) in [6.07, 6.45) is 4.17. The van der Waals surface area contributed by atoms with Crippen LogP contribution in [0.4, 0.5) is 5.69 Å². The lowest BCUT2D eigenvalue weighted by atomic mass is 9.85. The summed E-state index contributed by atoms with van der Waals surface area (Å²) < 4.78 is 10.7. The SMILES string of the molecule is COc1ccc(C(=C2[C@H]3C=C[C@H]2[C@@H]2C(=O)N(c4ccc(C#N)cc4)C(=O)[C@H]23)c2ccc(OC)cc2)cc1. The molecule has 0 unspecified atom stereocenters. The average molecular weight is 489 g/mol. The fourth-order valence-electron chi connectivity index (χ4n) is 6.05. The van der Waals surface area contributed by atoms with Crippen molar-refractivity contribution >= 4 is 23.1 Å². The molecule has 0 N–H and O–H groups in total. The van der Waals surface area contributed by atoms with Gasteiger partial charge in [0, 0.05) is 11.8 Å². The number of hydrogen-bond acceptors (Lipinski definition) is 5. The Morgan fingerprint density at radius 1 is 0.730 bits per heavy atom. The third-order valence-corrected chi connectivity index (χ3v) is 7.72. The summed E-state index contributed by atoms with van der Waals surface area (Å²) in [5, 5.41) is 9.11. The van der Waals surface area contributed by atoms with Crippen molar-refractivity contribution in [2.24, 2.45) is 23.7 Å². The fraction of sp³-hybridized carbons (Fsp3) is 0.194. The maximum atomic E-state index is 13.7. The zero-order valence-corrected chi connectivity index (χ0v) is 20.4. The highest BCUT2D eigenvalue weighted by molar-refractivity contribution is 6.23. The molecule has 3 aromatic rings. The smallest absolute Gasteiger partial charge is 0.238 e. The van der Waals surface area contributed by atoms with Crippen molar-refractivity contribution in [2.75, 3.05) is 19.1 Å². The molecular weight excluding hydrogens is 464 g/mol. The van der Waals surface area contributed by atoms with Gasteiger partial charge in [-0.3, -0.25) is 9.59 Å². The Balaban J connectivity index is 1.45. The molecule has 2 amide bonds.